The molecule has 0 aliphatic heterocycles. The fourth-order valence-electron chi connectivity index (χ4n) is 3.79. The molecule has 4 rings (SSSR count). The summed E-state index contributed by atoms with van der Waals surface area (Å²) in [5, 5.41) is 4.43. The number of methoxy groups -OCH3 is 3. The number of hydrogen-bond donors (Lipinski definition) is 3. The molecule has 8 nitrogen and oxygen atoms in total. The van der Waals surface area contributed by atoms with E-state index >= 15 is 0 Å². The van der Waals surface area contributed by atoms with Gasteiger partial charge in [0.2, 0.25) is 15.8 Å². The number of para-hydroxylation sites is 1. The van der Waals surface area contributed by atoms with Gasteiger partial charge in [-0.15, -0.1) is 0 Å². The molecule has 0 aliphatic carbocycles. The number of anilines is 2. The zero-order chi connectivity index (χ0) is 24.3. The van der Waals surface area contributed by atoms with Gasteiger partial charge in [-0.25, -0.2) is 13.1 Å². The number of aromatic amines is 1. The predicted octanol–water partition coefficient (Wildman–Crippen LogP) is 4.65. The van der Waals surface area contributed by atoms with Crippen LogP contribution in [0.4, 0.5) is 11.5 Å². The van der Waals surface area contributed by atoms with Gasteiger partial charge in [0, 0.05) is 35.3 Å². The Morgan fingerprint density at radius 3 is 2.15 bits per heavy atom. The van der Waals surface area contributed by atoms with E-state index < -0.39 is 10.0 Å². The third-order valence-corrected chi connectivity index (χ3v) is 6.07. The molecule has 0 amide bonds. The molecule has 0 radical (unpaired) electrons. The first kappa shape index (κ1) is 23.5. The van der Waals surface area contributed by atoms with Crippen molar-refractivity contribution < 1.29 is 22.6 Å². The molecule has 0 unspecified atom stereocenters. The molecule has 0 aliphatic rings. The van der Waals surface area contributed by atoms with Gasteiger partial charge in [-0.1, -0.05) is 42.5 Å². The summed E-state index contributed by atoms with van der Waals surface area (Å²) in [6.45, 7) is 0.259. The van der Waals surface area contributed by atoms with Crippen LogP contribution >= 0.6 is 0 Å². The summed E-state index contributed by atoms with van der Waals surface area (Å²) >= 11 is 0. The van der Waals surface area contributed by atoms with E-state index in [9.17, 15) is 8.42 Å². The lowest BCUT2D eigenvalue weighted by Gasteiger charge is -2.14. The van der Waals surface area contributed by atoms with Gasteiger partial charge in [0.25, 0.3) is 0 Å². The molecule has 1 heterocycles. The van der Waals surface area contributed by atoms with Crippen LogP contribution < -0.4 is 24.2 Å². The highest BCUT2D eigenvalue weighted by Crippen LogP contribution is 2.41. The van der Waals surface area contributed by atoms with Crippen molar-refractivity contribution in [3.8, 4) is 28.4 Å². The van der Waals surface area contributed by atoms with Gasteiger partial charge in [0.1, 0.15) is 5.82 Å². The Bertz CT molecular complexity index is 1390. The molecule has 0 saturated heterocycles. The first-order valence-corrected chi connectivity index (χ1v) is 12.4. The second kappa shape index (κ2) is 9.66. The lowest BCUT2D eigenvalue weighted by Crippen LogP contribution is -2.21. The van der Waals surface area contributed by atoms with Crippen LogP contribution in [0.2, 0.25) is 0 Å². The average molecular weight is 482 g/mol. The lowest BCUT2D eigenvalue weighted by atomic mass is 10.0. The summed E-state index contributed by atoms with van der Waals surface area (Å²) < 4.78 is 41.5. The van der Waals surface area contributed by atoms with Crippen LogP contribution in [-0.4, -0.2) is 41.0 Å². The molecule has 4 aromatic rings. The van der Waals surface area contributed by atoms with Gasteiger partial charge in [-0.05, 0) is 17.2 Å². The van der Waals surface area contributed by atoms with Gasteiger partial charge in [0.15, 0.2) is 11.5 Å². The third-order valence-electron chi connectivity index (χ3n) is 5.40. The van der Waals surface area contributed by atoms with Gasteiger partial charge in [0.05, 0.1) is 33.1 Å². The summed E-state index contributed by atoms with van der Waals surface area (Å²) in [5.74, 6) is 2.47. The van der Waals surface area contributed by atoms with E-state index in [-0.39, 0.29) is 6.54 Å². The second-order valence-corrected chi connectivity index (χ2v) is 9.62. The molecule has 34 heavy (non-hydrogen) atoms. The number of sulfonamides is 1. The van der Waals surface area contributed by atoms with Gasteiger partial charge in [-0.3, -0.25) is 0 Å². The minimum Gasteiger partial charge on any atom is -0.493 e. The Balaban J connectivity index is 1.63. The van der Waals surface area contributed by atoms with Crippen molar-refractivity contribution in [3.05, 3.63) is 66.2 Å². The van der Waals surface area contributed by atoms with E-state index in [1.807, 2.05) is 60.7 Å². The first-order valence-electron chi connectivity index (χ1n) is 10.5. The topological polar surface area (TPSA) is 102 Å². The molecule has 3 aromatic carbocycles. The van der Waals surface area contributed by atoms with E-state index in [0.717, 1.165) is 45.4 Å². The second-order valence-electron chi connectivity index (χ2n) is 7.78. The Morgan fingerprint density at radius 1 is 0.882 bits per heavy atom. The number of nitrogens with one attached hydrogen (secondary N) is 3. The van der Waals surface area contributed by atoms with Crippen LogP contribution in [0.15, 0.2) is 60.7 Å². The van der Waals surface area contributed by atoms with Gasteiger partial charge < -0.3 is 24.5 Å². The van der Waals surface area contributed by atoms with E-state index in [1.54, 1.807) is 21.3 Å². The van der Waals surface area contributed by atoms with E-state index in [4.69, 9.17) is 14.2 Å². The molecule has 0 atom stereocenters. The van der Waals surface area contributed by atoms with Crippen LogP contribution in [-0.2, 0) is 16.6 Å². The molecule has 0 spiro atoms. The number of fused-ring (bicyclic) bond motifs is 1. The minimum absolute atomic E-state index is 0.259. The summed E-state index contributed by atoms with van der Waals surface area (Å²) in [5.41, 5.74) is 4.72. The summed E-state index contributed by atoms with van der Waals surface area (Å²) in [7, 11) is 1.50. The molecular weight excluding hydrogens is 454 g/mol. The largest absolute Gasteiger partial charge is 0.493 e. The predicted molar refractivity (Wildman–Crippen MR) is 135 cm³/mol. The maximum Gasteiger partial charge on any atom is 0.209 e. The molecule has 9 heteroatoms. The van der Waals surface area contributed by atoms with Crippen molar-refractivity contribution in [2.24, 2.45) is 0 Å². The molecule has 0 bridgehead atoms. The maximum absolute atomic E-state index is 11.3. The summed E-state index contributed by atoms with van der Waals surface area (Å²) in [4.78, 5) is 3.46. The highest BCUT2D eigenvalue weighted by molar-refractivity contribution is 7.88. The fraction of sp³-hybridized carbons (Fsp3) is 0.200. The summed E-state index contributed by atoms with van der Waals surface area (Å²) in [6, 6.07) is 19.6. The number of rotatable bonds is 9. The molecular formula is C25H27N3O5S. The summed E-state index contributed by atoms with van der Waals surface area (Å²) in [6.07, 6.45) is 1.15. The Kier molecular flexibility index (Phi) is 6.67. The van der Waals surface area contributed by atoms with Crippen molar-refractivity contribution in [1.82, 2.24) is 9.71 Å². The monoisotopic (exact) mass is 481 g/mol. The molecule has 3 N–H and O–H groups in total. The van der Waals surface area contributed by atoms with Crippen LogP contribution in [0.3, 0.4) is 0 Å². The smallest absolute Gasteiger partial charge is 0.209 e. The van der Waals surface area contributed by atoms with Crippen LogP contribution in [0.1, 0.15) is 5.56 Å². The normalized spacial score (nSPS) is 11.4. The van der Waals surface area contributed by atoms with Crippen LogP contribution in [0.25, 0.3) is 22.0 Å². The number of benzene rings is 3. The van der Waals surface area contributed by atoms with Gasteiger partial charge in [-0.2, -0.15) is 0 Å². The zero-order valence-corrected chi connectivity index (χ0v) is 20.2. The molecule has 178 valence electrons. The SMILES string of the molecule is COc1cc(Nc2cc3cccc(-c4ccc(CNS(C)(=O)=O)cc4)c3[nH]2)cc(OC)c1OC. The minimum atomic E-state index is -3.23. The fourth-order valence-corrected chi connectivity index (χ4v) is 4.22. The van der Waals surface area contributed by atoms with Crippen molar-refractivity contribution >= 4 is 32.4 Å². The van der Waals surface area contributed by atoms with E-state index in [1.165, 1.54) is 0 Å². The first-order chi connectivity index (χ1) is 16.3. The highest BCUT2D eigenvalue weighted by Gasteiger charge is 2.14. The number of H-pyrrole nitrogens is 1. The van der Waals surface area contributed by atoms with Crippen molar-refractivity contribution in [3.63, 3.8) is 0 Å². The number of hydrogen-bond acceptors (Lipinski definition) is 6. The average Bonchev–Trinajstić information content (AvgIpc) is 3.24. The maximum atomic E-state index is 11.3. The zero-order valence-electron chi connectivity index (χ0n) is 19.4. The number of aromatic nitrogens is 1. The highest BCUT2D eigenvalue weighted by atomic mass is 32.2. The lowest BCUT2D eigenvalue weighted by molar-refractivity contribution is 0.324. The quantitative estimate of drug-likeness (QED) is 0.322. The van der Waals surface area contributed by atoms with Crippen molar-refractivity contribution in [2.45, 2.75) is 6.54 Å². The van der Waals surface area contributed by atoms with Crippen LogP contribution in [0.5, 0.6) is 17.2 Å². The molecule has 0 saturated carbocycles. The molecule has 0 fully saturated rings. The Morgan fingerprint density at radius 2 is 1.56 bits per heavy atom. The number of ether oxygens (including phenoxy) is 3. The Labute approximate surface area is 198 Å². The third kappa shape index (κ3) is 5.11. The van der Waals surface area contributed by atoms with E-state index in [2.05, 4.69) is 15.0 Å². The van der Waals surface area contributed by atoms with Crippen molar-refractivity contribution in [2.75, 3.05) is 32.9 Å². The molecule has 1 aromatic heterocycles. The van der Waals surface area contributed by atoms with E-state index in [0.29, 0.717) is 17.2 Å². The van der Waals surface area contributed by atoms with Crippen LogP contribution in [0, 0.1) is 0 Å². The van der Waals surface area contributed by atoms with Crippen molar-refractivity contribution in [1.29, 1.82) is 0 Å². The Hall–Kier alpha value is -3.69. The van der Waals surface area contributed by atoms with Gasteiger partial charge >= 0.3 is 0 Å². The standard InChI is InChI=1S/C25H27N3O5S/c1-31-21-13-19(14-22(32-2)25(21)33-3)27-23-12-18-6-5-7-20(24(18)28-23)17-10-8-16(9-11-17)15-26-34(4,29)30/h5-14,26-28H,15H2,1-4H3.